The first-order chi connectivity index (χ1) is 12.9. The van der Waals surface area contributed by atoms with Crippen molar-refractivity contribution in [3.8, 4) is 0 Å². The van der Waals surface area contributed by atoms with E-state index >= 15 is 0 Å². The van der Waals surface area contributed by atoms with Crippen molar-refractivity contribution in [3.63, 3.8) is 0 Å². The van der Waals surface area contributed by atoms with Crippen LogP contribution in [-0.4, -0.2) is 47.0 Å². The fourth-order valence-electron chi connectivity index (χ4n) is 4.09. The quantitative estimate of drug-likeness (QED) is 0.800. The van der Waals surface area contributed by atoms with Crippen molar-refractivity contribution >= 4 is 15.8 Å². The molecular weight excluding hydrogens is 362 g/mol. The topological polar surface area (TPSA) is 79.3 Å². The van der Waals surface area contributed by atoms with Gasteiger partial charge in [0.2, 0.25) is 10.0 Å². The Morgan fingerprint density at radius 1 is 1.19 bits per heavy atom. The molecule has 1 saturated heterocycles. The maximum absolute atomic E-state index is 12.1. The van der Waals surface area contributed by atoms with Crippen molar-refractivity contribution < 1.29 is 8.42 Å². The molecule has 2 aliphatic rings. The van der Waals surface area contributed by atoms with Gasteiger partial charge < -0.3 is 4.90 Å². The van der Waals surface area contributed by atoms with E-state index in [0.29, 0.717) is 18.9 Å². The molecule has 0 saturated carbocycles. The van der Waals surface area contributed by atoms with Crippen LogP contribution in [0, 0.1) is 6.92 Å². The van der Waals surface area contributed by atoms with Gasteiger partial charge in [-0.2, -0.15) is 4.31 Å². The number of aryl methyl sites for hydroxylation is 1. The van der Waals surface area contributed by atoms with E-state index in [2.05, 4.69) is 9.88 Å². The molecule has 2 aliphatic heterocycles. The molecule has 0 aliphatic carbocycles. The average molecular weight is 388 g/mol. The van der Waals surface area contributed by atoms with E-state index in [1.165, 1.54) is 11.8 Å². The molecule has 0 amide bonds. The van der Waals surface area contributed by atoms with E-state index in [9.17, 15) is 8.42 Å². The van der Waals surface area contributed by atoms with E-state index in [1.807, 2.05) is 25.1 Å². The van der Waals surface area contributed by atoms with Crippen molar-refractivity contribution in [2.75, 3.05) is 24.2 Å². The number of rotatable bonds is 4. The Bertz CT molecular complexity index is 933. The number of sulfonamides is 1. The SMILES string of the molecule is Cc1nc([C@H]2CCCN2S(C)(=O)=O)nc2c1CCCN2Cc1ccccn1. The maximum Gasteiger partial charge on any atom is 0.211 e. The normalized spacial score (nSPS) is 20.7. The van der Waals surface area contributed by atoms with Gasteiger partial charge in [0.05, 0.1) is 24.5 Å². The van der Waals surface area contributed by atoms with E-state index in [4.69, 9.17) is 9.97 Å². The summed E-state index contributed by atoms with van der Waals surface area (Å²) < 4.78 is 25.8. The standard InChI is InChI=1S/C19H25N5O2S/c1-14-16-8-5-11-23(13-15-7-3-4-10-20-15)19(16)22-18(21-14)17-9-6-12-24(17)27(2,25)26/h3-4,7,10,17H,5-6,8-9,11-13H2,1-2H3/t17-/m1/s1. The van der Waals surface area contributed by atoms with Gasteiger partial charge in [0.25, 0.3) is 0 Å². The molecule has 2 aromatic rings. The molecule has 4 rings (SSSR count). The number of nitrogens with zero attached hydrogens (tertiary/aromatic N) is 5. The average Bonchev–Trinajstić information content (AvgIpc) is 3.13. The Morgan fingerprint density at radius 3 is 2.78 bits per heavy atom. The van der Waals surface area contributed by atoms with Crippen molar-refractivity contribution in [2.24, 2.45) is 0 Å². The summed E-state index contributed by atoms with van der Waals surface area (Å²) in [5, 5.41) is 0. The molecule has 144 valence electrons. The monoisotopic (exact) mass is 387 g/mol. The lowest BCUT2D eigenvalue weighted by Gasteiger charge is -2.32. The second kappa shape index (κ2) is 7.16. The zero-order valence-corrected chi connectivity index (χ0v) is 16.6. The van der Waals surface area contributed by atoms with Crippen LogP contribution in [0.15, 0.2) is 24.4 Å². The summed E-state index contributed by atoms with van der Waals surface area (Å²) in [4.78, 5) is 16.3. The third-order valence-corrected chi connectivity index (χ3v) is 6.66. The van der Waals surface area contributed by atoms with Crippen LogP contribution in [0.4, 0.5) is 5.82 Å². The van der Waals surface area contributed by atoms with Gasteiger partial charge in [0.1, 0.15) is 11.6 Å². The summed E-state index contributed by atoms with van der Waals surface area (Å²) >= 11 is 0. The molecule has 2 aromatic heterocycles. The van der Waals surface area contributed by atoms with Crippen LogP contribution in [-0.2, 0) is 23.0 Å². The highest BCUT2D eigenvalue weighted by atomic mass is 32.2. The Balaban J connectivity index is 1.71. The number of fused-ring (bicyclic) bond motifs is 1. The molecule has 0 spiro atoms. The number of anilines is 1. The van der Waals surface area contributed by atoms with Crippen LogP contribution in [0.1, 0.15) is 48.1 Å². The number of pyridine rings is 1. The molecule has 0 unspecified atom stereocenters. The summed E-state index contributed by atoms with van der Waals surface area (Å²) in [6.45, 7) is 4.17. The maximum atomic E-state index is 12.1. The van der Waals surface area contributed by atoms with Crippen molar-refractivity contribution in [2.45, 2.75) is 45.2 Å². The number of hydrogen-bond donors (Lipinski definition) is 0. The highest BCUT2D eigenvalue weighted by molar-refractivity contribution is 7.88. The Hall–Kier alpha value is -2.06. The number of aromatic nitrogens is 3. The van der Waals surface area contributed by atoms with Gasteiger partial charge >= 0.3 is 0 Å². The van der Waals surface area contributed by atoms with Gasteiger partial charge in [-0.3, -0.25) is 4.98 Å². The Kier molecular flexibility index (Phi) is 4.86. The van der Waals surface area contributed by atoms with Crippen LogP contribution >= 0.6 is 0 Å². The largest absolute Gasteiger partial charge is 0.350 e. The molecule has 7 nitrogen and oxygen atoms in total. The lowest BCUT2D eigenvalue weighted by molar-refractivity contribution is 0.385. The molecule has 8 heteroatoms. The van der Waals surface area contributed by atoms with Crippen LogP contribution in [0.5, 0.6) is 0 Å². The molecule has 0 N–H and O–H groups in total. The summed E-state index contributed by atoms with van der Waals surface area (Å²) in [5.74, 6) is 1.57. The van der Waals surface area contributed by atoms with Gasteiger partial charge in [-0.05, 0) is 44.7 Å². The Labute approximate surface area is 160 Å². The minimum Gasteiger partial charge on any atom is -0.350 e. The van der Waals surface area contributed by atoms with Crippen LogP contribution < -0.4 is 4.90 Å². The fourth-order valence-corrected chi connectivity index (χ4v) is 5.22. The van der Waals surface area contributed by atoms with Gasteiger partial charge in [-0.1, -0.05) is 6.07 Å². The zero-order chi connectivity index (χ0) is 19.0. The zero-order valence-electron chi connectivity index (χ0n) is 15.8. The molecular formula is C19H25N5O2S. The minimum atomic E-state index is -3.27. The smallest absolute Gasteiger partial charge is 0.211 e. The summed E-state index contributed by atoms with van der Waals surface area (Å²) in [7, 11) is -3.27. The first kappa shape index (κ1) is 18.3. The van der Waals surface area contributed by atoms with E-state index in [-0.39, 0.29) is 6.04 Å². The van der Waals surface area contributed by atoms with Crippen LogP contribution in [0.25, 0.3) is 0 Å². The third-order valence-electron chi connectivity index (χ3n) is 5.37. The molecule has 4 heterocycles. The van der Waals surface area contributed by atoms with E-state index < -0.39 is 10.0 Å². The van der Waals surface area contributed by atoms with E-state index in [1.54, 1.807) is 10.5 Å². The molecule has 0 radical (unpaired) electrons. The van der Waals surface area contributed by atoms with Crippen molar-refractivity contribution in [3.05, 3.63) is 47.2 Å². The summed E-state index contributed by atoms with van der Waals surface area (Å²) in [5.41, 5.74) is 3.13. The minimum absolute atomic E-state index is 0.261. The fraction of sp³-hybridized carbons (Fsp3) is 0.526. The predicted octanol–water partition coefficient (Wildman–Crippen LogP) is 2.23. The van der Waals surface area contributed by atoms with Crippen molar-refractivity contribution in [1.29, 1.82) is 0 Å². The van der Waals surface area contributed by atoms with Gasteiger partial charge in [0, 0.05) is 30.5 Å². The number of hydrogen-bond acceptors (Lipinski definition) is 6. The highest BCUT2D eigenvalue weighted by Gasteiger charge is 2.35. The second-order valence-electron chi connectivity index (χ2n) is 7.35. The summed E-state index contributed by atoms with van der Waals surface area (Å²) in [6, 6.07) is 5.67. The second-order valence-corrected chi connectivity index (χ2v) is 9.28. The van der Waals surface area contributed by atoms with Gasteiger partial charge in [-0.15, -0.1) is 0 Å². The molecule has 27 heavy (non-hydrogen) atoms. The molecule has 1 fully saturated rings. The summed E-state index contributed by atoms with van der Waals surface area (Å²) in [6.07, 6.45) is 6.70. The van der Waals surface area contributed by atoms with Crippen LogP contribution in [0.2, 0.25) is 0 Å². The van der Waals surface area contributed by atoms with Gasteiger partial charge in [-0.25, -0.2) is 18.4 Å². The highest BCUT2D eigenvalue weighted by Crippen LogP contribution is 2.35. The Morgan fingerprint density at radius 2 is 2.04 bits per heavy atom. The van der Waals surface area contributed by atoms with Gasteiger partial charge in [0.15, 0.2) is 0 Å². The predicted molar refractivity (Wildman–Crippen MR) is 104 cm³/mol. The van der Waals surface area contributed by atoms with Crippen LogP contribution in [0.3, 0.4) is 0 Å². The molecule has 1 atom stereocenters. The molecule has 0 bridgehead atoms. The van der Waals surface area contributed by atoms with Crippen molar-refractivity contribution in [1.82, 2.24) is 19.3 Å². The van der Waals surface area contributed by atoms with E-state index in [0.717, 1.165) is 49.4 Å². The first-order valence-electron chi connectivity index (χ1n) is 9.42. The molecule has 0 aromatic carbocycles. The lowest BCUT2D eigenvalue weighted by Crippen LogP contribution is -2.34. The third kappa shape index (κ3) is 3.68. The first-order valence-corrected chi connectivity index (χ1v) is 11.3. The lowest BCUT2D eigenvalue weighted by atomic mass is 10.0.